The Bertz CT molecular complexity index is 223. The number of ketones is 1. The van der Waals surface area contributed by atoms with Gasteiger partial charge in [-0.25, -0.2) is 0 Å². The topological polar surface area (TPSA) is 17.1 Å². The third kappa shape index (κ3) is 1.81. The third-order valence-corrected chi connectivity index (χ3v) is 1.45. The molecule has 0 bridgehead atoms. The molecule has 0 saturated heterocycles. The van der Waals surface area contributed by atoms with Gasteiger partial charge in [0.25, 0.3) is 0 Å². The predicted molar refractivity (Wildman–Crippen MR) is 37.3 cm³/mol. The summed E-state index contributed by atoms with van der Waals surface area (Å²) in [5.74, 6) is -0.903. The maximum atomic E-state index is 11.3. The molecule has 0 atom stereocenters. The molecule has 0 unspecified atom stereocenters. The van der Waals surface area contributed by atoms with Crippen molar-refractivity contribution in [1.29, 1.82) is 0 Å². The van der Waals surface area contributed by atoms with Crippen LogP contribution in [0.15, 0.2) is 0 Å². The molecule has 52 valence electrons. The zero-order chi connectivity index (χ0) is 10.5. The lowest BCUT2D eigenvalue weighted by Crippen LogP contribution is -2.20. The molecule has 1 aliphatic carbocycles. The van der Waals surface area contributed by atoms with Crippen molar-refractivity contribution in [3.63, 3.8) is 0 Å². The Balaban J connectivity index is 3.03. The number of hydrogen-bond donors (Lipinski definition) is 0. The Hall–Kier alpha value is -0.330. The van der Waals surface area contributed by atoms with Crippen LogP contribution in [0.4, 0.5) is 0 Å². The third-order valence-electron chi connectivity index (χ3n) is 1.45. The van der Waals surface area contributed by atoms with Crippen molar-refractivity contribution < 1.29 is 10.3 Å². The number of carbonyl (C=O) groups is 1. The van der Waals surface area contributed by atoms with Crippen LogP contribution in [0.25, 0.3) is 0 Å². The van der Waals surface area contributed by atoms with Crippen LogP contribution in [0.5, 0.6) is 0 Å². The molecule has 1 nitrogen and oxygen atoms in total. The second kappa shape index (κ2) is 2.13. The van der Waals surface area contributed by atoms with Crippen LogP contribution in [-0.2, 0) is 4.79 Å². The fourth-order valence-electron chi connectivity index (χ4n) is 0.764. The van der Waals surface area contributed by atoms with Crippen molar-refractivity contribution in [2.24, 2.45) is 5.41 Å². The predicted octanol–water partition coefficient (Wildman–Crippen LogP) is 2.16. The van der Waals surface area contributed by atoms with Crippen LogP contribution < -0.4 is 0 Å². The number of rotatable bonds is 0. The maximum absolute atomic E-state index is 11.3. The molecule has 0 N–H and O–H groups in total. The highest BCUT2D eigenvalue weighted by atomic mass is 16.1. The van der Waals surface area contributed by atoms with E-state index in [0.29, 0.717) is 0 Å². The molecule has 1 rings (SSSR count). The molecule has 0 aromatic rings. The Kier molecular flexibility index (Phi) is 0.750. The molecular formula is C8H14O. The van der Waals surface area contributed by atoms with E-state index in [1.807, 2.05) is 0 Å². The Morgan fingerprint density at radius 2 is 1.89 bits per heavy atom. The van der Waals surface area contributed by atoms with Gasteiger partial charge in [-0.2, -0.15) is 0 Å². The highest BCUT2D eigenvalue weighted by molar-refractivity contribution is 5.79. The van der Waals surface area contributed by atoms with Crippen LogP contribution in [0.1, 0.15) is 44.9 Å². The lowest BCUT2D eigenvalue weighted by atomic mass is 9.77. The van der Waals surface area contributed by atoms with Gasteiger partial charge in [-0.05, 0) is 18.3 Å². The molecule has 0 spiro atoms. The van der Waals surface area contributed by atoms with E-state index < -0.39 is 23.9 Å². The lowest BCUT2D eigenvalue weighted by molar-refractivity contribution is -0.121. The fourth-order valence-corrected chi connectivity index (χ4v) is 0.764. The van der Waals surface area contributed by atoms with Gasteiger partial charge in [0.05, 0.1) is 0 Å². The van der Waals surface area contributed by atoms with Crippen molar-refractivity contribution in [2.75, 3.05) is 0 Å². The average molecular weight is 130 g/mol. The smallest absolute Gasteiger partial charge is 0.132 e. The van der Waals surface area contributed by atoms with Crippen molar-refractivity contribution in [2.45, 2.75) is 39.4 Å². The standard InChI is InChI=1S/C8H14O/c1-8(2)5-3-7(9)4-6-8/h3-6H2,1-2H3/i3D2,4D2. The first-order valence-electron chi connectivity index (χ1n) is 5.12. The first kappa shape index (κ1) is 3.18. The summed E-state index contributed by atoms with van der Waals surface area (Å²) in [6.45, 7) is 3.57. The van der Waals surface area contributed by atoms with Crippen molar-refractivity contribution in [1.82, 2.24) is 0 Å². The zero-order valence-corrected chi connectivity index (χ0v) is 5.82. The van der Waals surface area contributed by atoms with Gasteiger partial charge in [-0.3, -0.25) is 4.79 Å². The van der Waals surface area contributed by atoms with E-state index in [2.05, 4.69) is 0 Å². The van der Waals surface area contributed by atoms with E-state index >= 15 is 0 Å². The summed E-state index contributed by atoms with van der Waals surface area (Å²) < 4.78 is 29.7. The minimum absolute atomic E-state index is 0.109. The number of hydrogen-bond acceptors (Lipinski definition) is 1. The lowest BCUT2D eigenvalue weighted by Gasteiger charge is -2.27. The molecule has 0 aromatic heterocycles. The van der Waals surface area contributed by atoms with Crippen molar-refractivity contribution in [3.05, 3.63) is 0 Å². The maximum Gasteiger partial charge on any atom is 0.132 e. The van der Waals surface area contributed by atoms with Crippen LogP contribution in [-0.4, -0.2) is 5.78 Å². The fraction of sp³-hybridized carbons (Fsp3) is 0.875. The monoisotopic (exact) mass is 130 g/mol. The van der Waals surface area contributed by atoms with Gasteiger partial charge in [0.15, 0.2) is 0 Å². The zero-order valence-electron chi connectivity index (χ0n) is 9.82. The second-order valence-corrected chi connectivity index (χ2v) is 3.20. The van der Waals surface area contributed by atoms with E-state index in [1.165, 1.54) is 0 Å². The van der Waals surface area contributed by atoms with E-state index in [9.17, 15) is 4.79 Å². The SMILES string of the molecule is [2H]C1([2H])CC(C)(C)CC([2H])([2H])C1=O. The summed E-state index contributed by atoms with van der Waals surface area (Å²) in [4.78, 5) is 11.3. The van der Waals surface area contributed by atoms with Gasteiger partial charge >= 0.3 is 0 Å². The minimum atomic E-state index is -2.01. The molecule has 9 heavy (non-hydrogen) atoms. The largest absolute Gasteiger partial charge is 0.300 e. The van der Waals surface area contributed by atoms with Crippen LogP contribution in [0, 0.1) is 5.41 Å². The van der Waals surface area contributed by atoms with Crippen molar-refractivity contribution in [3.8, 4) is 0 Å². The normalized spacial score (nSPS) is 44.0. The van der Waals surface area contributed by atoms with E-state index in [1.54, 1.807) is 13.8 Å². The van der Waals surface area contributed by atoms with E-state index in [4.69, 9.17) is 5.48 Å². The van der Waals surface area contributed by atoms with Gasteiger partial charge in [-0.15, -0.1) is 0 Å². The molecule has 1 heteroatoms. The summed E-state index contributed by atoms with van der Waals surface area (Å²) in [5.41, 5.74) is -0.444. The van der Waals surface area contributed by atoms with Crippen LogP contribution >= 0.6 is 0 Å². The summed E-state index contributed by atoms with van der Waals surface area (Å²) in [6, 6.07) is 0. The molecule has 0 radical (unpaired) electrons. The molecule has 0 aliphatic heterocycles. The summed E-state index contributed by atoms with van der Waals surface area (Å²) >= 11 is 0. The van der Waals surface area contributed by atoms with E-state index in [-0.39, 0.29) is 12.8 Å². The quantitative estimate of drug-likeness (QED) is 0.491. The summed E-state index contributed by atoms with van der Waals surface area (Å²) in [7, 11) is 0. The van der Waals surface area contributed by atoms with Crippen molar-refractivity contribution >= 4 is 5.78 Å². The van der Waals surface area contributed by atoms with Gasteiger partial charge in [-0.1, -0.05) is 13.8 Å². The first-order valence-corrected chi connectivity index (χ1v) is 3.12. The molecule has 1 aliphatic rings. The number of Topliss-reactive ketones (excluding diaryl/α,β-unsaturated/α-hetero) is 1. The molecule has 1 saturated carbocycles. The molecule has 0 heterocycles. The Morgan fingerprint density at radius 3 is 2.33 bits per heavy atom. The molecular weight excluding hydrogens is 112 g/mol. The second-order valence-electron chi connectivity index (χ2n) is 3.20. The Labute approximate surface area is 62.1 Å². The average Bonchev–Trinajstić information content (AvgIpc) is 1.77. The Morgan fingerprint density at radius 1 is 1.44 bits per heavy atom. The minimum Gasteiger partial charge on any atom is -0.300 e. The summed E-state index contributed by atoms with van der Waals surface area (Å²) in [5, 5.41) is 0. The van der Waals surface area contributed by atoms with Gasteiger partial charge in [0, 0.05) is 18.2 Å². The van der Waals surface area contributed by atoms with Gasteiger partial charge < -0.3 is 0 Å². The number of carbonyl (C=O) groups excluding carboxylic acids is 1. The van der Waals surface area contributed by atoms with Gasteiger partial charge in [0.1, 0.15) is 5.78 Å². The summed E-state index contributed by atoms with van der Waals surface area (Å²) in [6.07, 6.45) is -3.80. The molecule has 0 amide bonds. The van der Waals surface area contributed by atoms with Gasteiger partial charge in [0.2, 0.25) is 0 Å². The highest BCUT2D eigenvalue weighted by Crippen LogP contribution is 2.32. The molecule has 0 aromatic carbocycles. The van der Waals surface area contributed by atoms with Crippen LogP contribution in [0.3, 0.4) is 0 Å². The van der Waals surface area contributed by atoms with Crippen LogP contribution in [0.2, 0.25) is 0 Å². The first-order chi connectivity index (χ1) is 5.57. The molecule has 1 fully saturated rings. The van der Waals surface area contributed by atoms with E-state index in [0.717, 1.165) is 0 Å². The highest BCUT2D eigenvalue weighted by Gasteiger charge is 2.24.